The predicted molar refractivity (Wildman–Crippen MR) is 118 cm³/mol. The molecule has 0 aliphatic rings. The van der Waals surface area contributed by atoms with Crippen molar-refractivity contribution in [1.29, 1.82) is 0 Å². The van der Waals surface area contributed by atoms with Gasteiger partial charge < -0.3 is 4.74 Å². The molecule has 0 fully saturated rings. The quantitative estimate of drug-likeness (QED) is 0.262. The summed E-state index contributed by atoms with van der Waals surface area (Å²) in [7, 11) is -3.81. The lowest BCUT2D eigenvalue weighted by Crippen LogP contribution is -2.18. The SMILES string of the molecule is O=[N+]([O-])c1ccc(Oc2ccc(/C=N\NS(=O)(=O)c3ccccc3)cc2Br)c([N+](=O)[O-])c1. The van der Waals surface area contributed by atoms with Crippen LogP contribution in [-0.4, -0.2) is 24.5 Å². The molecule has 11 nitrogen and oxygen atoms in total. The molecule has 0 aliphatic heterocycles. The van der Waals surface area contributed by atoms with Crippen molar-refractivity contribution in [3.05, 3.63) is 97.0 Å². The highest BCUT2D eigenvalue weighted by molar-refractivity contribution is 9.10. The lowest BCUT2D eigenvalue weighted by molar-refractivity contribution is -0.394. The molecular formula is C19H13BrN4O7S. The normalized spacial score (nSPS) is 11.3. The van der Waals surface area contributed by atoms with E-state index in [1.807, 2.05) is 0 Å². The number of nitro groups is 2. The smallest absolute Gasteiger partial charge is 0.318 e. The number of hydrazone groups is 1. The van der Waals surface area contributed by atoms with Gasteiger partial charge in [0.05, 0.1) is 31.5 Å². The fraction of sp³-hybridized carbons (Fsp3) is 0. The van der Waals surface area contributed by atoms with E-state index in [1.54, 1.807) is 24.3 Å². The second-order valence-corrected chi connectivity index (χ2v) is 8.64. The van der Waals surface area contributed by atoms with Crippen LogP contribution in [0.1, 0.15) is 5.56 Å². The Morgan fingerprint density at radius 2 is 1.62 bits per heavy atom. The number of non-ortho nitro benzene ring substituents is 1. The summed E-state index contributed by atoms with van der Waals surface area (Å²) in [5.74, 6) is 0.0160. The molecule has 0 aromatic heterocycles. The number of nitro benzene ring substituents is 2. The van der Waals surface area contributed by atoms with Crippen molar-refractivity contribution in [2.24, 2.45) is 5.10 Å². The van der Waals surface area contributed by atoms with E-state index >= 15 is 0 Å². The Bertz CT molecular complexity index is 1310. The van der Waals surface area contributed by atoms with Crippen LogP contribution >= 0.6 is 15.9 Å². The highest BCUT2D eigenvalue weighted by Gasteiger charge is 2.21. The van der Waals surface area contributed by atoms with Crippen LogP contribution in [0.2, 0.25) is 0 Å². The van der Waals surface area contributed by atoms with Crippen LogP contribution in [0.15, 0.2) is 81.2 Å². The van der Waals surface area contributed by atoms with Crippen LogP contribution in [0, 0.1) is 20.2 Å². The van der Waals surface area contributed by atoms with Gasteiger partial charge in [-0.2, -0.15) is 13.5 Å². The summed E-state index contributed by atoms with van der Waals surface area (Å²) in [4.78, 5) is 22.7. The van der Waals surface area contributed by atoms with Crippen molar-refractivity contribution >= 4 is 43.5 Å². The van der Waals surface area contributed by atoms with Gasteiger partial charge in [0, 0.05) is 6.07 Å². The number of nitrogens with one attached hydrogen (secondary N) is 1. The van der Waals surface area contributed by atoms with Crippen molar-refractivity contribution in [2.75, 3.05) is 0 Å². The third kappa shape index (κ3) is 5.44. The molecule has 0 atom stereocenters. The number of benzene rings is 3. The lowest BCUT2D eigenvalue weighted by Gasteiger charge is -2.09. The number of hydrogen-bond donors (Lipinski definition) is 1. The van der Waals surface area contributed by atoms with E-state index in [9.17, 15) is 28.6 Å². The topological polar surface area (TPSA) is 154 Å². The van der Waals surface area contributed by atoms with E-state index in [1.165, 1.54) is 30.5 Å². The molecule has 32 heavy (non-hydrogen) atoms. The molecular weight excluding hydrogens is 508 g/mol. The van der Waals surface area contributed by atoms with Gasteiger partial charge in [-0.3, -0.25) is 20.2 Å². The number of halogens is 1. The molecule has 3 aromatic rings. The van der Waals surface area contributed by atoms with Gasteiger partial charge in [-0.1, -0.05) is 18.2 Å². The minimum Gasteiger partial charge on any atom is -0.449 e. The fourth-order valence-corrected chi connectivity index (χ4v) is 3.76. The molecule has 0 heterocycles. The maximum Gasteiger partial charge on any atom is 0.318 e. The first-order chi connectivity index (χ1) is 15.2. The van der Waals surface area contributed by atoms with E-state index in [4.69, 9.17) is 4.74 Å². The monoisotopic (exact) mass is 520 g/mol. The number of nitrogens with zero attached hydrogens (tertiary/aromatic N) is 3. The van der Waals surface area contributed by atoms with E-state index in [2.05, 4.69) is 25.9 Å². The number of sulfonamides is 1. The highest BCUT2D eigenvalue weighted by Crippen LogP contribution is 2.37. The summed E-state index contributed by atoms with van der Waals surface area (Å²) in [6.45, 7) is 0. The van der Waals surface area contributed by atoms with Gasteiger partial charge in [-0.05, 0) is 57.9 Å². The highest BCUT2D eigenvalue weighted by atomic mass is 79.9. The fourth-order valence-electron chi connectivity index (χ4n) is 2.47. The van der Waals surface area contributed by atoms with Crippen LogP contribution in [0.25, 0.3) is 0 Å². The molecule has 0 unspecified atom stereocenters. The van der Waals surface area contributed by atoms with Crippen molar-refractivity contribution < 1.29 is 23.0 Å². The zero-order chi connectivity index (χ0) is 23.3. The van der Waals surface area contributed by atoms with Gasteiger partial charge in [0.25, 0.3) is 15.7 Å². The van der Waals surface area contributed by atoms with Crippen molar-refractivity contribution in [3.63, 3.8) is 0 Å². The Balaban J connectivity index is 1.77. The van der Waals surface area contributed by atoms with Crippen LogP contribution < -0.4 is 9.57 Å². The maximum atomic E-state index is 12.1. The van der Waals surface area contributed by atoms with E-state index in [-0.39, 0.29) is 16.4 Å². The first-order valence-electron chi connectivity index (χ1n) is 8.67. The molecule has 0 aliphatic carbocycles. The van der Waals surface area contributed by atoms with Crippen LogP contribution in [0.5, 0.6) is 11.5 Å². The molecule has 13 heteroatoms. The zero-order valence-corrected chi connectivity index (χ0v) is 18.3. The summed E-state index contributed by atoms with van der Waals surface area (Å²) < 4.78 is 30.2. The Morgan fingerprint density at radius 1 is 0.938 bits per heavy atom. The number of hydrogen-bond acceptors (Lipinski definition) is 8. The molecule has 0 spiro atoms. The van der Waals surface area contributed by atoms with E-state index in [0.29, 0.717) is 10.0 Å². The second-order valence-electron chi connectivity index (χ2n) is 6.12. The average Bonchev–Trinajstić information content (AvgIpc) is 2.76. The first kappa shape index (κ1) is 22.8. The Morgan fingerprint density at radius 3 is 2.25 bits per heavy atom. The van der Waals surface area contributed by atoms with Crippen molar-refractivity contribution in [3.8, 4) is 11.5 Å². The van der Waals surface area contributed by atoms with Gasteiger partial charge in [-0.25, -0.2) is 4.83 Å². The third-order valence-corrected chi connectivity index (χ3v) is 5.82. The minimum atomic E-state index is -3.81. The van der Waals surface area contributed by atoms with Crippen LogP contribution in [-0.2, 0) is 10.0 Å². The van der Waals surface area contributed by atoms with Gasteiger partial charge in [0.15, 0.2) is 0 Å². The molecule has 3 rings (SSSR count). The second kappa shape index (κ2) is 9.53. The number of ether oxygens (including phenoxy) is 1. The van der Waals surface area contributed by atoms with Crippen molar-refractivity contribution in [2.45, 2.75) is 4.90 Å². The molecule has 164 valence electrons. The van der Waals surface area contributed by atoms with Gasteiger partial charge in [0.1, 0.15) is 5.75 Å². The summed E-state index contributed by atoms with van der Waals surface area (Å²) >= 11 is 3.27. The van der Waals surface area contributed by atoms with E-state index < -0.39 is 31.2 Å². The Hall–Kier alpha value is -3.84. The van der Waals surface area contributed by atoms with Crippen molar-refractivity contribution in [1.82, 2.24) is 4.83 Å². The summed E-state index contributed by atoms with van der Waals surface area (Å²) in [6.07, 6.45) is 1.27. The predicted octanol–water partition coefficient (Wildman–Crippen LogP) is 4.37. The average molecular weight is 521 g/mol. The largest absolute Gasteiger partial charge is 0.449 e. The van der Waals surface area contributed by atoms with E-state index in [0.717, 1.165) is 18.2 Å². The standard InChI is InChI=1S/C19H13BrN4O7S/c20-16-10-13(12-21-22-32(29,30)15-4-2-1-3-5-15)6-8-18(16)31-19-9-7-14(23(25)26)11-17(19)24(27)28/h1-12,22H/b21-12-. The molecule has 0 amide bonds. The lowest BCUT2D eigenvalue weighted by atomic mass is 10.2. The molecule has 0 bridgehead atoms. The third-order valence-electron chi connectivity index (χ3n) is 3.97. The number of rotatable bonds is 8. The van der Waals surface area contributed by atoms with Gasteiger partial charge in [0.2, 0.25) is 5.75 Å². The summed E-state index contributed by atoms with van der Waals surface area (Å²) in [5, 5.41) is 25.8. The first-order valence-corrected chi connectivity index (χ1v) is 10.9. The minimum absolute atomic E-state index is 0.0618. The zero-order valence-electron chi connectivity index (χ0n) is 15.9. The van der Waals surface area contributed by atoms with Gasteiger partial charge in [-0.15, -0.1) is 0 Å². The van der Waals surface area contributed by atoms with Crippen LogP contribution in [0.3, 0.4) is 0 Å². The Kier molecular flexibility index (Phi) is 6.80. The molecule has 0 saturated carbocycles. The molecule has 0 saturated heterocycles. The Labute approximate surface area is 189 Å². The van der Waals surface area contributed by atoms with Crippen LogP contribution in [0.4, 0.5) is 11.4 Å². The molecule has 3 aromatic carbocycles. The van der Waals surface area contributed by atoms with Gasteiger partial charge >= 0.3 is 5.69 Å². The molecule has 0 radical (unpaired) electrons. The summed E-state index contributed by atoms with van der Waals surface area (Å²) in [6, 6.07) is 15.3. The molecule has 1 N–H and O–H groups in total. The maximum absolute atomic E-state index is 12.1. The summed E-state index contributed by atoms with van der Waals surface area (Å²) in [5.41, 5.74) is -0.502.